The molecule has 0 radical (unpaired) electrons. The Labute approximate surface area is 161 Å². The van der Waals surface area contributed by atoms with Crippen LogP contribution < -0.4 is 5.32 Å². The lowest BCUT2D eigenvalue weighted by molar-refractivity contribution is 0.291. The van der Waals surface area contributed by atoms with Gasteiger partial charge in [-0.05, 0) is 41.2 Å². The first-order valence-electron chi connectivity index (χ1n) is 9.20. The largest absolute Gasteiger partial charge is 0.346 e. The van der Waals surface area contributed by atoms with E-state index >= 15 is 0 Å². The van der Waals surface area contributed by atoms with Crippen LogP contribution in [0.4, 0.5) is 4.39 Å². The fourth-order valence-electron chi connectivity index (χ4n) is 3.82. The van der Waals surface area contributed by atoms with E-state index in [9.17, 15) is 4.39 Å². The van der Waals surface area contributed by atoms with Gasteiger partial charge in [0.15, 0.2) is 5.96 Å². The van der Waals surface area contributed by atoms with Crippen molar-refractivity contribution in [1.29, 1.82) is 5.41 Å². The highest BCUT2D eigenvalue weighted by Gasteiger charge is 2.45. The molecule has 1 fully saturated rings. The minimum absolute atomic E-state index is 0.0745. The molecule has 2 atom stereocenters. The molecule has 27 heavy (non-hydrogen) atoms. The molecule has 0 aromatic heterocycles. The number of benzene rings is 2. The Balaban J connectivity index is 2.13. The molecule has 0 unspecified atom stereocenters. The van der Waals surface area contributed by atoms with Gasteiger partial charge in [-0.2, -0.15) is 0 Å². The van der Waals surface area contributed by atoms with Crippen molar-refractivity contribution >= 4 is 5.96 Å². The average Bonchev–Trinajstić information content (AvgIpc) is 2.59. The predicted octanol–water partition coefficient (Wildman–Crippen LogP) is 5.11. The van der Waals surface area contributed by atoms with Crippen LogP contribution in [0.1, 0.15) is 50.3 Å². The highest BCUT2D eigenvalue weighted by molar-refractivity contribution is 5.81. The van der Waals surface area contributed by atoms with Gasteiger partial charge in [0.1, 0.15) is 5.82 Å². The van der Waals surface area contributed by atoms with Crippen molar-refractivity contribution in [1.82, 2.24) is 10.2 Å². The van der Waals surface area contributed by atoms with Crippen molar-refractivity contribution in [2.75, 3.05) is 7.05 Å². The molecule has 4 heteroatoms. The minimum atomic E-state index is -0.675. The maximum atomic E-state index is 14.0. The molecule has 2 aromatic carbocycles. The Hall–Kier alpha value is -2.62. The van der Waals surface area contributed by atoms with Crippen LogP contribution in [0.2, 0.25) is 0 Å². The summed E-state index contributed by atoms with van der Waals surface area (Å²) < 4.78 is 14.0. The molecular weight excluding hydrogens is 337 g/mol. The molecule has 2 N–H and O–H groups in total. The molecule has 3 nitrogen and oxygen atoms in total. The second kappa shape index (κ2) is 6.52. The van der Waals surface area contributed by atoms with Crippen molar-refractivity contribution in [2.24, 2.45) is 0 Å². The lowest BCUT2D eigenvalue weighted by atomic mass is 9.72. The van der Waals surface area contributed by atoms with Gasteiger partial charge in [-0.25, -0.2) is 4.39 Å². The van der Waals surface area contributed by atoms with Gasteiger partial charge in [-0.3, -0.25) is 5.41 Å². The zero-order valence-electron chi connectivity index (χ0n) is 16.7. The Morgan fingerprint density at radius 1 is 1.15 bits per heavy atom. The highest BCUT2D eigenvalue weighted by Crippen LogP contribution is 2.45. The van der Waals surface area contributed by atoms with Gasteiger partial charge in [0.25, 0.3) is 0 Å². The van der Waals surface area contributed by atoms with Crippen LogP contribution in [-0.4, -0.2) is 17.9 Å². The molecule has 0 bridgehead atoms. The fraction of sp³-hybridized carbons (Fsp3) is 0.348. The van der Waals surface area contributed by atoms with Crippen LogP contribution >= 0.6 is 0 Å². The summed E-state index contributed by atoms with van der Waals surface area (Å²) >= 11 is 0. The fourth-order valence-corrected chi connectivity index (χ4v) is 3.82. The number of nitrogens with zero attached hydrogens (tertiary/aromatic N) is 1. The van der Waals surface area contributed by atoms with Crippen molar-refractivity contribution in [3.8, 4) is 0 Å². The van der Waals surface area contributed by atoms with Gasteiger partial charge < -0.3 is 10.2 Å². The number of hydrogen-bond donors (Lipinski definition) is 2. The molecule has 0 saturated carbocycles. The monoisotopic (exact) mass is 365 g/mol. The molecule has 1 heterocycles. The van der Waals surface area contributed by atoms with Crippen LogP contribution in [0, 0.1) is 11.2 Å². The minimum Gasteiger partial charge on any atom is -0.346 e. The molecule has 1 aliphatic heterocycles. The van der Waals surface area contributed by atoms with Gasteiger partial charge in [0.2, 0.25) is 0 Å². The van der Waals surface area contributed by atoms with Crippen molar-refractivity contribution in [2.45, 2.75) is 44.6 Å². The second-order valence-corrected chi connectivity index (χ2v) is 8.54. The number of hydrogen-bond acceptors (Lipinski definition) is 1. The summed E-state index contributed by atoms with van der Waals surface area (Å²) in [6.45, 7) is 12.8. The lowest BCUT2D eigenvalue weighted by Crippen LogP contribution is -2.58. The molecule has 0 amide bonds. The molecular formula is C23H28FN3. The van der Waals surface area contributed by atoms with E-state index < -0.39 is 5.54 Å². The van der Waals surface area contributed by atoms with Gasteiger partial charge in [-0.1, -0.05) is 63.7 Å². The molecule has 0 aliphatic carbocycles. The van der Waals surface area contributed by atoms with E-state index in [1.807, 2.05) is 20.0 Å². The highest BCUT2D eigenvalue weighted by atomic mass is 19.1. The predicted molar refractivity (Wildman–Crippen MR) is 109 cm³/mol. The Morgan fingerprint density at radius 2 is 1.78 bits per heavy atom. The average molecular weight is 365 g/mol. The summed E-state index contributed by atoms with van der Waals surface area (Å²) in [5.74, 6) is -0.157. The van der Waals surface area contributed by atoms with Crippen LogP contribution in [0.25, 0.3) is 0 Å². The zero-order chi connectivity index (χ0) is 20.0. The number of guanidine groups is 1. The summed E-state index contributed by atoms with van der Waals surface area (Å²) in [7, 11) is 1.83. The second-order valence-electron chi connectivity index (χ2n) is 8.54. The number of halogens is 1. The standard InChI is InChI=1S/C23H28FN3/c1-15-20(16-10-12-17(13-11-16)22(2,3)4)23(5,26-21(25)27(15)6)18-8-7-9-19(24)14-18/h7-14,20H,1H2,2-6H3,(H2,25,26)/t20-,23+/m0/s1. The quantitative estimate of drug-likeness (QED) is 0.777. The molecule has 2 aromatic rings. The van der Waals surface area contributed by atoms with Gasteiger partial charge >= 0.3 is 0 Å². The summed E-state index contributed by atoms with van der Waals surface area (Å²) in [5, 5.41) is 11.6. The third kappa shape index (κ3) is 3.36. The van der Waals surface area contributed by atoms with E-state index in [-0.39, 0.29) is 23.1 Å². The Bertz CT molecular complexity index is 879. The zero-order valence-corrected chi connectivity index (χ0v) is 16.7. The van der Waals surface area contributed by atoms with Crippen molar-refractivity contribution < 1.29 is 4.39 Å². The van der Waals surface area contributed by atoms with Crippen LogP contribution in [-0.2, 0) is 11.0 Å². The van der Waals surface area contributed by atoms with Gasteiger partial charge in [-0.15, -0.1) is 0 Å². The van der Waals surface area contributed by atoms with E-state index in [1.165, 1.54) is 17.7 Å². The van der Waals surface area contributed by atoms with Crippen LogP contribution in [0.15, 0.2) is 60.8 Å². The first kappa shape index (κ1) is 19.2. The first-order chi connectivity index (χ1) is 12.5. The molecule has 0 spiro atoms. The topological polar surface area (TPSA) is 39.1 Å². The molecule has 1 aliphatic rings. The van der Waals surface area contributed by atoms with Gasteiger partial charge in [0, 0.05) is 12.7 Å². The summed E-state index contributed by atoms with van der Waals surface area (Å²) in [4.78, 5) is 1.75. The lowest BCUT2D eigenvalue weighted by Gasteiger charge is -2.48. The third-order valence-electron chi connectivity index (χ3n) is 5.59. The van der Waals surface area contributed by atoms with Gasteiger partial charge in [0.05, 0.1) is 11.5 Å². The normalized spacial score (nSPS) is 23.3. The number of nitrogens with one attached hydrogen (secondary N) is 2. The number of likely N-dealkylation sites (N-methyl/N-ethyl adjacent to an activating group) is 1. The summed E-state index contributed by atoms with van der Waals surface area (Å²) in [5.41, 5.74) is 3.36. The van der Waals surface area contributed by atoms with Crippen LogP contribution in [0.3, 0.4) is 0 Å². The maximum Gasteiger partial charge on any atom is 0.195 e. The van der Waals surface area contributed by atoms with E-state index in [1.54, 1.807) is 11.0 Å². The molecule has 1 saturated heterocycles. The SMILES string of the molecule is C=C1[C@@H](c2ccc(C(C)(C)C)cc2)[C@@](C)(c2cccc(F)c2)NC(=N)N1C. The summed E-state index contributed by atoms with van der Waals surface area (Å²) in [6, 6.07) is 15.1. The Morgan fingerprint density at radius 3 is 2.33 bits per heavy atom. The van der Waals surface area contributed by atoms with E-state index in [2.05, 4.69) is 56.9 Å². The third-order valence-corrected chi connectivity index (χ3v) is 5.59. The van der Waals surface area contributed by atoms with Crippen molar-refractivity contribution in [3.63, 3.8) is 0 Å². The Kier molecular flexibility index (Phi) is 4.62. The first-order valence-corrected chi connectivity index (χ1v) is 9.20. The van der Waals surface area contributed by atoms with Crippen LogP contribution in [0.5, 0.6) is 0 Å². The molecule has 142 valence electrons. The van der Waals surface area contributed by atoms with E-state index in [4.69, 9.17) is 5.41 Å². The molecule has 3 rings (SSSR count). The van der Waals surface area contributed by atoms with E-state index in [0.717, 1.165) is 16.8 Å². The van der Waals surface area contributed by atoms with E-state index in [0.29, 0.717) is 0 Å². The maximum absolute atomic E-state index is 14.0. The number of rotatable bonds is 2. The smallest absolute Gasteiger partial charge is 0.195 e. The van der Waals surface area contributed by atoms with Crippen molar-refractivity contribution in [3.05, 3.63) is 83.3 Å². The summed E-state index contributed by atoms with van der Waals surface area (Å²) in [6.07, 6.45) is 0.